The monoisotopic (exact) mass is 191 g/mol. The van der Waals surface area contributed by atoms with Crippen molar-refractivity contribution >= 4 is 32.3 Å². The van der Waals surface area contributed by atoms with E-state index in [1.807, 2.05) is 18.5 Å². The van der Waals surface area contributed by atoms with E-state index in [9.17, 15) is 0 Å². The molecule has 3 heteroatoms. The number of nitrogens with one attached hydrogen (secondary N) is 1. The molecule has 44 valence electrons. The molecule has 0 bridgehead atoms. The smallest absolute Gasteiger partial charge is 0.0891 e. The highest BCUT2D eigenvalue weighted by Gasteiger charge is 1.90. The predicted molar refractivity (Wildman–Crippen MR) is 41.6 cm³/mol. The van der Waals surface area contributed by atoms with Crippen molar-refractivity contribution < 1.29 is 0 Å². The largest absolute Gasteiger partial charge is 0.380 e. The molecule has 1 N–H and O–H groups in total. The zero-order valence-electron chi connectivity index (χ0n) is 4.44. The van der Waals surface area contributed by atoms with E-state index in [1.165, 1.54) is 5.00 Å². The van der Waals surface area contributed by atoms with Crippen LogP contribution in [-0.4, -0.2) is 7.05 Å². The number of hydrogen-bond donors (Lipinski definition) is 1. The second kappa shape index (κ2) is 2.51. The summed E-state index contributed by atoms with van der Waals surface area (Å²) >= 11 is 5.03. The molecule has 1 nitrogen and oxygen atoms in total. The number of hydrogen-bond acceptors (Lipinski definition) is 2. The van der Waals surface area contributed by atoms with Gasteiger partial charge in [0, 0.05) is 16.9 Å². The fraction of sp³-hybridized carbons (Fsp3) is 0.200. The van der Waals surface area contributed by atoms with E-state index < -0.39 is 0 Å². The molecule has 0 amide bonds. The van der Waals surface area contributed by atoms with Gasteiger partial charge in [0.15, 0.2) is 0 Å². The van der Waals surface area contributed by atoms with Gasteiger partial charge in [-0.3, -0.25) is 0 Å². The number of halogens is 1. The van der Waals surface area contributed by atoms with Gasteiger partial charge in [-0.25, -0.2) is 0 Å². The molecule has 1 rings (SSSR count). The highest BCUT2D eigenvalue weighted by molar-refractivity contribution is 9.10. The number of thiophene rings is 1. The van der Waals surface area contributed by atoms with Gasteiger partial charge >= 0.3 is 0 Å². The minimum atomic E-state index is 1.15. The summed E-state index contributed by atoms with van der Waals surface area (Å²) in [5, 5.41) is 6.28. The van der Waals surface area contributed by atoms with Gasteiger partial charge in [-0.15, -0.1) is 11.3 Å². The van der Waals surface area contributed by atoms with Crippen LogP contribution in [0.15, 0.2) is 15.9 Å². The Morgan fingerprint density at radius 1 is 1.75 bits per heavy atom. The number of anilines is 1. The summed E-state index contributed by atoms with van der Waals surface area (Å²) in [6, 6.07) is 2.05. The zero-order valence-corrected chi connectivity index (χ0v) is 6.84. The Hall–Kier alpha value is -0.0200. The van der Waals surface area contributed by atoms with Gasteiger partial charge in [0.05, 0.1) is 5.00 Å². The summed E-state index contributed by atoms with van der Waals surface area (Å²) in [6.07, 6.45) is 0. The molecular formula is C5H6BrNS. The first-order valence-corrected chi connectivity index (χ1v) is 3.92. The van der Waals surface area contributed by atoms with Crippen molar-refractivity contribution in [3.05, 3.63) is 15.9 Å². The molecule has 1 heterocycles. The predicted octanol–water partition coefficient (Wildman–Crippen LogP) is 2.55. The lowest BCUT2D eigenvalue weighted by molar-refractivity contribution is 1.59. The first-order chi connectivity index (χ1) is 3.83. The van der Waals surface area contributed by atoms with Crippen LogP contribution in [0.5, 0.6) is 0 Å². The quantitative estimate of drug-likeness (QED) is 0.720. The maximum Gasteiger partial charge on any atom is 0.0891 e. The van der Waals surface area contributed by atoms with Gasteiger partial charge in [-0.2, -0.15) is 0 Å². The van der Waals surface area contributed by atoms with E-state index >= 15 is 0 Å². The van der Waals surface area contributed by atoms with E-state index in [0.717, 1.165) is 4.47 Å². The summed E-state index contributed by atoms with van der Waals surface area (Å²) in [7, 11) is 1.91. The maximum absolute atomic E-state index is 3.34. The highest BCUT2D eigenvalue weighted by Crippen LogP contribution is 2.23. The van der Waals surface area contributed by atoms with Crippen LogP contribution in [0.1, 0.15) is 0 Å². The summed E-state index contributed by atoms with van der Waals surface area (Å²) in [4.78, 5) is 0. The molecule has 0 spiro atoms. The lowest BCUT2D eigenvalue weighted by Crippen LogP contribution is -1.79. The van der Waals surface area contributed by atoms with Crippen molar-refractivity contribution in [2.75, 3.05) is 12.4 Å². The summed E-state index contributed by atoms with van der Waals surface area (Å²) in [6.45, 7) is 0. The van der Waals surface area contributed by atoms with Gasteiger partial charge < -0.3 is 5.32 Å². The number of rotatable bonds is 1. The molecule has 0 saturated heterocycles. The molecule has 8 heavy (non-hydrogen) atoms. The van der Waals surface area contributed by atoms with Gasteiger partial charge in [0.25, 0.3) is 0 Å². The molecule has 0 aliphatic carbocycles. The second-order valence-electron chi connectivity index (χ2n) is 1.38. The topological polar surface area (TPSA) is 12.0 Å². The Balaban J connectivity index is 2.84. The Kier molecular flexibility index (Phi) is 1.91. The fourth-order valence-corrected chi connectivity index (χ4v) is 1.73. The highest BCUT2D eigenvalue weighted by atomic mass is 79.9. The molecule has 0 saturated carbocycles. The van der Waals surface area contributed by atoms with Gasteiger partial charge in [-0.1, -0.05) is 0 Å². The van der Waals surface area contributed by atoms with E-state index in [0.29, 0.717) is 0 Å². The van der Waals surface area contributed by atoms with Crippen molar-refractivity contribution in [3.63, 3.8) is 0 Å². The minimum Gasteiger partial charge on any atom is -0.380 e. The first kappa shape index (κ1) is 6.11. The summed E-state index contributed by atoms with van der Waals surface area (Å²) in [5.41, 5.74) is 0. The van der Waals surface area contributed by atoms with Crippen LogP contribution in [0.3, 0.4) is 0 Å². The van der Waals surface area contributed by atoms with Crippen LogP contribution < -0.4 is 5.32 Å². The molecule has 0 aliphatic rings. The molecule has 1 aromatic rings. The van der Waals surface area contributed by atoms with Crippen molar-refractivity contribution in [3.8, 4) is 0 Å². The second-order valence-corrected chi connectivity index (χ2v) is 3.21. The summed E-state index contributed by atoms with van der Waals surface area (Å²) < 4.78 is 1.15. The molecule has 0 aromatic carbocycles. The van der Waals surface area contributed by atoms with Crippen LogP contribution in [0, 0.1) is 0 Å². The first-order valence-electron chi connectivity index (χ1n) is 2.24. The van der Waals surface area contributed by atoms with Gasteiger partial charge in [-0.05, 0) is 22.0 Å². The zero-order chi connectivity index (χ0) is 5.98. The Bertz CT molecular complexity index is 173. The van der Waals surface area contributed by atoms with Crippen LogP contribution in [0.25, 0.3) is 0 Å². The SMILES string of the molecule is CNc1cc(Br)cs1. The van der Waals surface area contributed by atoms with Crippen LogP contribution in [0.2, 0.25) is 0 Å². The van der Waals surface area contributed by atoms with Gasteiger partial charge in [0.1, 0.15) is 0 Å². The average Bonchev–Trinajstić information content (AvgIpc) is 2.14. The lowest BCUT2D eigenvalue weighted by atomic mass is 10.6. The molecule has 0 atom stereocenters. The third-order valence-electron chi connectivity index (χ3n) is 0.814. The van der Waals surface area contributed by atoms with Gasteiger partial charge in [0.2, 0.25) is 0 Å². The van der Waals surface area contributed by atoms with Crippen LogP contribution in [0.4, 0.5) is 5.00 Å². The molecule has 0 radical (unpaired) electrons. The van der Waals surface area contributed by atoms with E-state index in [-0.39, 0.29) is 0 Å². The summed E-state index contributed by atoms with van der Waals surface area (Å²) in [5.74, 6) is 0. The maximum atomic E-state index is 3.34. The lowest BCUT2D eigenvalue weighted by Gasteiger charge is -1.86. The average molecular weight is 192 g/mol. The molecule has 0 unspecified atom stereocenters. The molecular weight excluding hydrogens is 186 g/mol. The third-order valence-corrected chi connectivity index (χ3v) is 2.52. The van der Waals surface area contributed by atoms with Crippen LogP contribution in [-0.2, 0) is 0 Å². The van der Waals surface area contributed by atoms with E-state index in [4.69, 9.17) is 0 Å². The van der Waals surface area contributed by atoms with Crippen molar-refractivity contribution in [2.24, 2.45) is 0 Å². The molecule has 0 aliphatic heterocycles. The van der Waals surface area contributed by atoms with Crippen LogP contribution >= 0.6 is 27.3 Å². The van der Waals surface area contributed by atoms with E-state index in [1.54, 1.807) is 11.3 Å². The van der Waals surface area contributed by atoms with E-state index in [2.05, 4.69) is 21.2 Å². The normalized spacial score (nSPS) is 9.25. The third kappa shape index (κ3) is 1.23. The Morgan fingerprint density at radius 3 is 2.75 bits per heavy atom. The van der Waals surface area contributed by atoms with Crippen molar-refractivity contribution in [2.45, 2.75) is 0 Å². The fourth-order valence-electron chi connectivity index (χ4n) is 0.444. The molecule has 0 fully saturated rings. The van der Waals surface area contributed by atoms with Crippen molar-refractivity contribution in [1.82, 2.24) is 0 Å². The Labute approximate surface area is 60.9 Å². The standard InChI is InChI=1S/C5H6BrNS/c1-7-5-2-4(6)3-8-5/h2-3,7H,1H3. The van der Waals surface area contributed by atoms with Crippen molar-refractivity contribution in [1.29, 1.82) is 0 Å². The molecule has 1 aromatic heterocycles. The minimum absolute atomic E-state index is 1.15. The Morgan fingerprint density at radius 2 is 2.50 bits per heavy atom.